The van der Waals surface area contributed by atoms with Gasteiger partial charge in [-0.3, -0.25) is 0 Å². The van der Waals surface area contributed by atoms with Crippen LogP contribution >= 0.6 is 0 Å². The van der Waals surface area contributed by atoms with Gasteiger partial charge in [-0.1, -0.05) is 38.3 Å². The molecule has 0 aliphatic heterocycles. The van der Waals surface area contributed by atoms with Gasteiger partial charge in [-0.25, -0.2) is 13.4 Å². The normalized spacial score (nSPS) is 12.7. The number of sulfone groups is 1. The Morgan fingerprint density at radius 1 is 1.32 bits per heavy atom. The van der Waals surface area contributed by atoms with Gasteiger partial charge in [0, 0.05) is 18.0 Å². The van der Waals surface area contributed by atoms with Crippen LogP contribution in [0, 0.1) is 0 Å². The Bertz CT molecular complexity index is 533. The molecule has 0 saturated carbocycles. The molecule has 0 spiro atoms. The Kier molecular flexibility index (Phi) is 6.22. The highest BCUT2D eigenvalue weighted by Crippen LogP contribution is 2.21. The molecular weight excluding hydrogens is 258 g/mol. The summed E-state index contributed by atoms with van der Waals surface area (Å²) in [6, 6.07) is 3.60. The zero-order chi connectivity index (χ0) is 14.3. The highest BCUT2D eigenvalue weighted by molar-refractivity contribution is 7.90. The highest BCUT2D eigenvalue weighted by Gasteiger charge is 2.14. The summed E-state index contributed by atoms with van der Waals surface area (Å²) in [5, 5.41) is 0.178. The van der Waals surface area contributed by atoms with Gasteiger partial charge >= 0.3 is 0 Å². The molecule has 0 N–H and O–H groups in total. The molecule has 0 aromatic carbocycles. The fourth-order valence-electron chi connectivity index (χ4n) is 1.99. The number of allylic oxidation sites excluding steroid dienone is 2. The minimum absolute atomic E-state index is 0.178. The lowest BCUT2D eigenvalue weighted by molar-refractivity contribution is 0.598. The Hall–Kier alpha value is -1.16. The molecule has 3 nitrogen and oxygen atoms in total. The van der Waals surface area contributed by atoms with Gasteiger partial charge in [-0.05, 0) is 31.4 Å². The summed E-state index contributed by atoms with van der Waals surface area (Å²) in [7, 11) is -3.27. The van der Waals surface area contributed by atoms with Crippen LogP contribution in [0.4, 0.5) is 0 Å². The summed E-state index contributed by atoms with van der Waals surface area (Å²) in [6.45, 7) is 4.14. The first-order valence-electron chi connectivity index (χ1n) is 6.79. The van der Waals surface area contributed by atoms with Crippen LogP contribution in [0.15, 0.2) is 29.4 Å². The number of unbranched alkanes of at least 4 members (excludes halogenated alkanes) is 4. The number of hydrogen-bond acceptors (Lipinski definition) is 3. The van der Waals surface area contributed by atoms with Crippen molar-refractivity contribution in [1.82, 2.24) is 4.98 Å². The molecule has 0 aliphatic rings. The SMILES string of the molecule is CCCCCCC=C(C)c1cccnc1S(C)(=O)=O. The monoisotopic (exact) mass is 281 g/mol. The van der Waals surface area contributed by atoms with Crippen molar-refractivity contribution in [3.63, 3.8) is 0 Å². The van der Waals surface area contributed by atoms with E-state index in [-0.39, 0.29) is 5.03 Å². The van der Waals surface area contributed by atoms with Crippen molar-refractivity contribution in [2.75, 3.05) is 6.26 Å². The average Bonchev–Trinajstić information content (AvgIpc) is 2.37. The Balaban J connectivity index is 2.82. The topological polar surface area (TPSA) is 47.0 Å². The third-order valence-corrected chi connectivity index (χ3v) is 4.08. The predicted octanol–water partition coefficient (Wildman–Crippen LogP) is 3.86. The van der Waals surface area contributed by atoms with Crippen molar-refractivity contribution in [2.45, 2.75) is 51.0 Å². The van der Waals surface area contributed by atoms with E-state index in [4.69, 9.17) is 0 Å². The van der Waals surface area contributed by atoms with Gasteiger partial charge in [0.15, 0.2) is 14.9 Å². The zero-order valence-corrected chi connectivity index (χ0v) is 12.8. The van der Waals surface area contributed by atoms with E-state index in [0.29, 0.717) is 0 Å². The maximum Gasteiger partial charge on any atom is 0.193 e. The first kappa shape index (κ1) is 15.9. The van der Waals surface area contributed by atoms with Crippen LogP contribution in [-0.2, 0) is 9.84 Å². The van der Waals surface area contributed by atoms with Gasteiger partial charge in [0.1, 0.15) is 0 Å². The fraction of sp³-hybridized carbons (Fsp3) is 0.533. The number of pyridine rings is 1. The van der Waals surface area contributed by atoms with Crippen LogP contribution in [0.5, 0.6) is 0 Å². The highest BCUT2D eigenvalue weighted by atomic mass is 32.2. The van der Waals surface area contributed by atoms with Gasteiger partial charge in [-0.2, -0.15) is 0 Å². The lowest BCUT2D eigenvalue weighted by Gasteiger charge is -2.07. The maximum absolute atomic E-state index is 11.7. The van der Waals surface area contributed by atoms with E-state index in [1.807, 2.05) is 13.0 Å². The number of hydrogen-bond donors (Lipinski definition) is 0. The van der Waals surface area contributed by atoms with E-state index in [0.717, 1.165) is 24.0 Å². The van der Waals surface area contributed by atoms with Crippen molar-refractivity contribution in [2.24, 2.45) is 0 Å². The largest absolute Gasteiger partial charge is 0.244 e. The molecule has 0 unspecified atom stereocenters. The smallest absolute Gasteiger partial charge is 0.193 e. The molecule has 4 heteroatoms. The molecule has 106 valence electrons. The second kappa shape index (κ2) is 7.43. The second-order valence-electron chi connectivity index (χ2n) is 4.86. The summed E-state index contributed by atoms with van der Waals surface area (Å²) in [5.41, 5.74) is 1.71. The van der Waals surface area contributed by atoms with Gasteiger partial charge in [0.05, 0.1) is 0 Å². The van der Waals surface area contributed by atoms with Crippen molar-refractivity contribution < 1.29 is 8.42 Å². The van der Waals surface area contributed by atoms with Gasteiger partial charge in [0.25, 0.3) is 0 Å². The van der Waals surface area contributed by atoms with Crippen LogP contribution < -0.4 is 0 Å². The lowest BCUT2D eigenvalue weighted by Crippen LogP contribution is -2.04. The van der Waals surface area contributed by atoms with E-state index in [9.17, 15) is 8.42 Å². The quantitative estimate of drug-likeness (QED) is 0.713. The van der Waals surface area contributed by atoms with Crippen LogP contribution in [0.25, 0.3) is 5.57 Å². The van der Waals surface area contributed by atoms with Crippen LogP contribution in [0.2, 0.25) is 0 Å². The van der Waals surface area contributed by atoms with Crippen LogP contribution in [0.1, 0.15) is 51.5 Å². The molecule has 1 heterocycles. The zero-order valence-electron chi connectivity index (χ0n) is 12.0. The molecule has 0 aliphatic carbocycles. The molecule has 0 atom stereocenters. The minimum Gasteiger partial charge on any atom is -0.244 e. The van der Waals surface area contributed by atoms with Crippen molar-refractivity contribution in [1.29, 1.82) is 0 Å². The third-order valence-electron chi connectivity index (χ3n) is 3.06. The summed E-state index contributed by atoms with van der Waals surface area (Å²) in [4.78, 5) is 4.00. The number of aromatic nitrogens is 1. The molecule has 0 bridgehead atoms. The molecule has 0 amide bonds. The summed E-state index contributed by atoms with van der Waals surface area (Å²) < 4.78 is 23.4. The van der Waals surface area contributed by atoms with Gasteiger partial charge < -0.3 is 0 Å². The molecule has 0 fully saturated rings. The lowest BCUT2D eigenvalue weighted by atomic mass is 10.1. The molecule has 1 aromatic rings. The molecular formula is C15H23NO2S. The Morgan fingerprint density at radius 2 is 2.05 bits per heavy atom. The maximum atomic E-state index is 11.7. The summed E-state index contributed by atoms with van der Waals surface area (Å²) in [5.74, 6) is 0. The van der Waals surface area contributed by atoms with Gasteiger partial charge in [-0.15, -0.1) is 0 Å². The Morgan fingerprint density at radius 3 is 2.68 bits per heavy atom. The van der Waals surface area contributed by atoms with Crippen LogP contribution in [-0.4, -0.2) is 19.7 Å². The first-order valence-corrected chi connectivity index (χ1v) is 8.68. The summed E-state index contributed by atoms with van der Waals surface area (Å²) in [6.07, 6.45) is 10.7. The number of nitrogens with zero attached hydrogens (tertiary/aromatic N) is 1. The Labute approximate surface area is 116 Å². The predicted molar refractivity (Wildman–Crippen MR) is 79.8 cm³/mol. The molecule has 19 heavy (non-hydrogen) atoms. The summed E-state index contributed by atoms with van der Waals surface area (Å²) >= 11 is 0. The van der Waals surface area contributed by atoms with E-state index in [1.54, 1.807) is 6.07 Å². The fourth-order valence-corrected chi connectivity index (χ4v) is 2.87. The van der Waals surface area contributed by atoms with Crippen molar-refractivity contribution in [3.8, 4) is 0 Å². The number of rotatable bonds is 7. The van der Waals surface area contributed by atoms with Gasteiger partial charge in [0.2, 0.25) is 0 Å². The standard InChI is InChI=1S/C15H23NO2S/c1-4-5-6-7-8-10-13(2)14-11-9-12-16-15(14)19(3,17)18/h9-12H,4-8H2,1-3H3. The first-order chi connectivity index (χ1) is 8.96. The van der Waals surface area contributed by atoms with Crippen LogP contribution in [0.3, 0.4) is 0 Å². The van der Waals surface area contributed by atoms with E-state index in [1.165, 1.54) is 31.7 Å². The van der Waals surface area contributed by atoms with E-state index < -0.39 is 9.84 Å². The molecule has 1 rings (SSSR count). The molecule has 0 radical (unpaired) electrons. The van der Waals surface area contributed by atoms with E-state index in [2.05, 4.69) is 18.0 Å². The second-order valence-corrected chi connectivity index (χ2v) is 6.80. The minimum atomic E-state index is -3.27. The third kappa shape index (κ3) is 5.15. The van der Waals surface area contributed by atoms with E-state index >= 15 is 0 Å². The van der Waals surface area contributed by atoms with Crippen molar-refractivity contribution >= 4 is 15.4 Å². The van der Waals surface area contributed by atoms with Crippen molar-refractivity contribution in [3.05, 3.63) is 30.0 Å². The average molecular weight is 281 g/mol. The molecule has 0 saturated heterocycles. The molecule has 1 aromatic heterocycles.